The van der Waals surface area contributed by atoms with Crippen LogP contribution in [0.5, 0.6) is 0 Å². The molecule has 6 saturated heterocycles. The summed E-state index contributed by atoms with van der Waals surface area (Å²) in [6.45, 7) is 26.8. The predicted molar refractivity (Wildman–Crippen MR) is 458 cm³/mol. The second-order valence-electron chi connectivity index (χ2n) is 45.5. The molecule has 766 valence electrons. The number of fused-ring (bicyclic) bond motifs is 14. The Morgan fingerprint density at radius 1 is 0.400 bits per heavy atom. The Hall–Kier alpha value is -4.48. The highest BCUT2D eigenvalue weighted by atomic mass is 16.8. The number of allylic oxidation sites excluding steroid dienone is 4. The molecule has 16 aliphatic rings. The zero-order valence-electron chi connectivity index (χ0n) is 79.6. The largest absolute Gasteiger partial charge is 0.481 e. The highest BCUT2D eigenvalue weighted by Crippen LogP contribution is 2.79. The van der Waals surface area contributed by atoms with Gasteiger partial charge in [0.25, 0.3) is 0 Å². The van der Waals surface area contributed by atoms with E-state index in [0.29, 0.717) is 83.5 Å². The summed E-state index contributed by atoms with van der Waals surface area (Å²) in [6.07, 6.45) is -27.9. The molecule has 10 aliphatic carbocycles. The minimum absolute atomic E-state index is 0.0225. The number of hydrogen-bond acceptors (Lipinski definition) is 38. The number of rotatable bonds is 18. The van der Waals surface area contributed by atoms with E-state index in [1.807, 2.05) is 13.8 Å². The number of aldehydes is 2. The molecule has 135 heavy (non-hydrogen) atoms. The number of ether oxygens (including phenoxy) is 12. The van der Waals surface area contributed by atoms with E-state index in [0.717, 1.165) is 50.2 Å². The van der Waals surface area contributed by atoms with Gasteiger partial charge in [-0.05, 0) is 208 Å². The van der Waals surface area contributed by atoms with Gasteiger partial charge < -0.3 is 163 Å². The van der Waals surface area contributed by atoms with Crippen LogP contribution in [0.3, 0.4) is 0 Å². The lowest BCUT2D eigenvalue weighted by Gasteiger charge is -2.71. The van der Waals surface area contributed by atoms with E-state index < -0.39 is 261 Å². The van der Waals surface area contributed by atoms with Crippen molar-refractivity contribution in [2.24, 2.45) is 100 Å². The number of aliphatic hydroxyl groups excluding tert-OH is 18. The molecular weight excluding hydrogens is 1780 g/mol. The molecule has 0 radical (unpaired) electrons. The van der Waals surface area contributed by atoms with E-state index >= 15 is 0 Å². The van der Waals surface area contributed by atoms with Crippen LogP contribution in [0.2, 0.25) is 0 Å². The first-order chi connectivity index (χ1) is 63.1. The zero-order valence-corrected chi connectivity index (χ0v) is 79.6. The topological polar surface area (TPSA) is 632 Å². The molecule has 0 aromatic heterocycles. The van der Waals surface area contributed by atoms with Gasteiger partial charge in [-0.1, -0.05) is 106 Å². The van der Waals surface area contributed by atoms with Gasteiger partial charge in [0, 0.05) is 0 Å². The van der Waals surface area contributed by atoms with Crippen LogP contribution >= 0.6 is 0 Å². The summed E-state index contributed by atoms with van der Waals surface area (Å²) in [5.41, 5.74) is -4.14. The van der Waals surface area contributed by atoms with Crippen molar-refractivity contribution in [1.29, 1.82) is 0 Å². The lowest BCUT2D eigenvalue weighted by molar-refractivity contribution is -0.387. The predicted octanol–water partition coefficient (Wildman–Crippen LogP) is -0.00570. The van der Waals surface area contributed by atoms with Crippen LogP contribution in [0.1, 0.15) is 213 Å². The van der Waals surface area contributed by atoms with Gasteiger partial charge in [0.1, 0.15) is 146 Å². The van der Waals surface area contributed by atoms with Crippen molar-refractivity contribution < 1.29 is 192 Å². The Labute approximate surface area is 785 Å². The Kier molecular flexibility index (Phi) is 31.9. The number of ketones is 1. The molecule has 6 heterocycles. The minimum atomic E-state index is -1.87. The van der Waals surface area contributed by atoms with E-state index in [1.165, 1.54) is 12.5 Å². The van der Waals surface area contributed by atoms with Gasteiger partial charge in [0.15, 0.2) is 37.7 Å². The lowest BCUT2D eigenvalue weighted by Crippen LogP contribution is -2.68. The monoisotopic (exact) mass is 1920 g/mol. The number of aliphatic carboxylic acids is 1. The molecule has 39 nitrogen and oxygen atoms in total. The molecule has 14 fully saturated rings. The maximum absolute atomic E-state index is 13.8. The maximum atomic E-state index is 13.8. The van der Waals surface area contributed by atoms with Gasteiger partial charge in [-0.25, -0.2) is 0 Å². The molecule has 0 amide bonds. The third-order valence-corrected chi connectivity index (χ3v) is 37.8. The molecule has 0 bridgehead atoms. The number of Topliss-reactive ketones (excluding diaryl/α,β-unsaturated/α-hetero) is 1. The van der Waals surface area contributed by atoms with E-state index in [2.05, 4.69) is 81.4 Å². The zero-order chi connectivity index (χ0) is 99.7. The van der Waals surface area contributed by atoms with E-state index in [1.54, 1.807) is 6.92 Å². The van der Waals surface area contributed by atoms with Crippen molar-refractivity contribution in [2.75, 3.05) is 33.0 Å². The standard InChI is InChI=1S/C48H76O17.C46H72O18.2CO2/c1-22-32(54)34(56)36(58)40(61-22)64-38-26(52)20-60-42(39(38)65-41-37(59)35(57)33(55)27(19-49)62-41)63-31-12-13-44(5)28(45(31,6)21-50)11-14-46(7)29(44)10-9-24-25-17-43(3,4)15-16-48(25,23(2)51)30(53)18-47(24,46)8;1-41(2)13-14-46(40(57)58)22(15-41)21-7-8-27-42(3)11-10-29(43(4,20-48)26(42)9-12-44(27,5)45(21,6)16-28(46)51)62-39-36(64-38-34(56)32(54)31(53)25(17-47)61-38)35(24(50)19-60-39)63-37-33(55)30(52)23(49)18-59-37;2*2-1-3/h9,21-22,25-42,49,52-59H,10-20H2,1-8H3;7,20,22-39,47,49-56H,8-19H2,1-6H3,(H,57,58);;/t22-,25?,26+,27?,28+,29?,30+,31-,32-,33-,34?,35-,36?,37?,38-,39?,40-,41-,42-,44?,45?,46+,47?,48+;22?,23-,24-,25?,26-,27?,28-,29+,30+,31+,32+,33?,34?,35+,36?,37+,38+,39+,42?,43?,44-,45?,46-;;/m01../s1. The fourth-order valence-corrected chi connectivity index (χ4v) is 29.6. The lowest BCUT2D eigenvalue weighted by atomic mass is 9.33. The molecule has 0 aromatic carbocycles. The maximum Gasteiger partial charge on any atom is 0.373 e. The summed E-state index contributed by atoms with van der Waals surface area (Å²) >= 11 is 0. The van der Waals surface area contributed by atoms with E-state index in [4.69, 9.17) is 76.0 Å². The molecule has 0 aromatic rings. The number of carbonyl (C=O) groups excluding carboxylic acids is 7. The van der Waals surface area contributed by atoms with Crippen LogP contribution in [0.25, 0.3) is 0 Å². The van der Waals surface area contributed by atoms with Crippen LogP contribution in [-0.2, 0) is 95.2 Å². The minimum Gasteiger partial charge on any atom is -0.481 e. The molecule has 0 spiro atoms. The Balaban J connectivity index is 0.000000216. The third kappa shape index (κ3) is 18.0. The van der Waals surface area contributed by atoms with Crippen molar-refractivity contribution in [2.45, 2.75) is 403 Å². The molecular formula is C96H148O39. The number of aliphatic hydroxyl groups is 18. The second kappa shape index (κ2) is 39.9. The fraction of sp³-hybridized carbons (Fsp3) is 0.896. The summed E-state index contributed by atoms with van der Waals surface area (Å²) in [6, 6.07) is 0. The summed E-state index contributed by atoms with van der Waals surface area (Å²) in [5.74, 6) is -1.43. The summed E-state index contributed by atoms with van der Waals surface area (Å²) < 4.78 is 73.1. The first-order valence-corrected chi connectivity index (χ1v) is 48.0. The Morgan fingerprint density at radius 2 is 0.748 bits per heavy atom. The normalized spacial score (nSPS) is 52.8. The van der Waals surface area contributed by atoms with E-state index in [9.17, 15) is 116 Å². The SMILES string of the molecule is CC(=O)[C@]12CCC(C)(C)CC1C1=CCC3C4(C)CC[C@H](O[C@@H]5OC[C@@H](O)[C@H](O[C@@H]6O[C@@H](C)[C@H](O)C(O)C6O)C5O[C@@H]5OC(CO)[C@H](O)[C@H](O)C5O)C(C)(C=O)[C@@H]4CC[C@@]3(C)C1(C)C[C@H]2O.CC1(C)CC[C@@]2(C(=O)O)C(C1)C1=CCC3C4(C)CC[C@H](O[C@@H]5OC[C@@H](O)[C@H](O[C@@H]6OC[C@@H](O)[C@H](O)C6O)C5O[C@@H]5OC(CO)[C@H](O)[C@H](O)C5O)C(C)(C=O)[C@@H]4CC[C@@]3(C)C1(C)C[C@H]2O.O=C=O.O=C=O. The molecule has 8 saturated carbocycles. The van der Waals surface area contributed by atoms with Crippen molar-refractivity contribution in [3.63, 3.8) is 0 Å². The summed E-state index contributed by atoms with van der Waals surface area (Å²) in [5, 5.41) is 205. The van der Waals surface area contributed by atoms with Crippen LogP contribution < -0.4 is 0 Å². The quantitative estimate of drug-likeness (QED) is 0.0488. The number of carbonyl (C=O) groups is 4. The first kappa shape index (κ1) is 108. The summed E-state index contributed by atoms with van der Waals surface area (Å²) in [4.78, 5) is 86.9. The Bertz CT molecular complexity index is 4300. The molecule has 19 N–H and O–H groups in total. The average molecular weight is 1930 g/mol. The molecule has 16 rings (SSSR count). The number of hydrogen-bond donors (Lipinski definition) is 19. The van der Waals surface area contributed by atoms with Gasteiger partial charge in [0.2, 0.25) is 0 Å². The van der Waals surface area contributed by atoms with Gasteiger partial charge in [-0.2, -0.15) is 19.2 Å². The molecule has 19 unspecified atom stereocenters. The van der Waals surface area contributed by atoms with Crippen LogP contribution in [0.15, 0.2) is 23.3 Å². The van der Waals surface area contributed by atoms with E-state index in [-0.39, 0.29) is 87.3 Å². The van der Waals surface area contributed by atoms with Crippen LogP contribution in [0.4, 0.5) is 0 Å². The van der Waals surface area contributed by atoms with Gasteiger partial charge >= 0.3 is 18.3 Å². The Morgan fingerprint density at radius 3 is 1.14 bits per heavy atom. The van der Waals surface area contributed by atoms with Crippen LogP contribution in [0, 0.1) is 100 Å². The van der Waals surface area contributed by atoms with Crippen LogP contribution in [-0.4, -0.2) is 357 Å². The fourth-order valence-electron chi connectivity index (χ4n) is 29.6. The first-order valence-electron chi connectivity index (χ1n) is 48.0. The van der Waals surface area contributed by atoms with Crippen molar-refractivity contribution >= 4 is 36.6 Å². The van der Waals surface area contributed by atoms with Crippen molar-refractivity contribution in [1.82, 2.24) is 0 Å². The molecule has 39 heteroatoms. The molecule has 47 atom stereocenters. The number of carboxylic acid groups (broad SMARTS) is 1. The van der Waals surface area contributed by atoms with Gasteiger partial charge in [-0.3, -0.25) is 9.59 Å². The molecule has 6 aliphatic heterocycles. The van der Waals surface area contributed by atoms with Crippen molar-refractivity contribution in [3.8, 4) is 0 Å². The second-order valence-corrected chi connectivity index (χ2v) is 45.5. The highest BCUT2D eigenvalue weighted by Gasteiger charge is 2.75. The van der Waals surface area contributed by atoms with Gasteiger partial charge in [-0.15, -0.1) is 0 Å². The van der Waals surface area contributed by atoms with Gasteiger partial charge in [0.05, 0.1) is 79.8 Å². The number of carboxylic acids is 1. The smallest absolute Gasteiger partial charge is 0.373 e. The average Bonchev–Trinajstić information content (AvgIpc) is 0.672. The van der Waals surface area contributed by atoms with Crippen molar-refractivity contribution in [3.05, 3.63) is 23.3 Å². The summed E-state index contributed by atoms with van der Waals surface area (Å²) in [7, 11) is 0. The highest BCUT2D eigenvalue weighted by molar-refractivity contribution is 5.85. The third-order valence-electron chi connectivity index (χ3n) is 37.8.